The van der Waals surface area contributed by atoms with E-state index in [-0.39, 0.29) is 24.8 Å². The summed E-state index contributed by atoms with van der Waals surface area (Å²) >= 11 is 0. The molecule has 0 bridgehead atoms. The van der Waals surface area contributed by atoms with Crippen LogP contribution in [-0.2, 0) is 0 Å². The van der Waals surface area contributed by atoms with E-state index >= 15 is 0 Å². The largest absolute Gasteiger partial charge is 0.382 e. The second-order valence-electron chi connectivity index (χ2n) is 3.27. The number of hydrogen-bond acceptors (Lipinski definition) is 3. The molecule has 1 aliphatic heterocycles. The van der Waals surface area contributed by atoms with Gasteiger partial charge in [-0.2, -0.15) is 5.10 Å². The molecule has 0 saturated carbocycles. The Hall–Kier alpha value is -0.450. The quantitative estimate of drug-likeness (QED) is 0.692. The van der Waals surface area contributed by atoms with Gasteiger partial charge in [0.1, 0.15) is 5.82 Å². The standard InChI is InChI=1S/C8H14N4.2ClH/c9-8-5-7(11-12-8)6-1-3-10-4-2-6;;/h5-6,10H,1-4H2,(H3,9,11,12);2*1H. The molecule has 0 radical (unpaired) electrons. The van der Waals surface area contributed by atoms with Crippen molar-refractivity contribution in [2.75, 3.05) is 18.8 Å². The number of nitrogens with one attached hydrogen (secondary N) is 2. The summed E-state index contributed by atoms with van der Waals surface area (Å²) in [6.45, 7) is 2.20. The number of piperidine rings is 1. The molecule has 14 heavy (non-hydrogen) atoms. The summed E-state index contributed by atoms with van der Waals surface area (Å²) in [5.74, 6) is 1.22. The molecule has 0 atom stereocenters. The van der Waals surface area contributed by atoms with Crippen LogP contribution in [0.2, 0.25) is 0 Å². The molecule has 82 valence electrons. The first-order valence-electron chi connectivity index (χ1n) is 4.38. The summed E-state index contributed by atoms with van der Waals surface area (Å²) in [7, 11) is 0. The molecular formula is C8H16Cl2N4. The molecule has 0 unspecified atom stereocenters. The van der Waals surface area contributed by atoms with E-state index < -0.39 is 0 Å². The lowest BCUT2D eigenvalue weighted by Gasteiger charge is -2.20. The Balaban J connectivity index is 0.000000845. The highest BCUT2D eigenvalue weighted by Crippen LogP contribution is 2.23. The van der Waals surface area contributed by atoms with Crippen molar-refractivity contribution in [3.05, 3.63) is 11.8 Å². The monoisotopic (exact) mass is 238 g/mol. The van der Waals surface area contributed by atoms with Gasteiger partial charge in [-0.05, 0) is 25.9 Å². The van der Waals surface area contributed by atoms with E-state index in [2.05, 4.69) is 15.5 Å². The van der Waals surface area contributed by atoms with E-state index in [9.17, 15) is 0 Å². The molecule has 1 aromatic rings. The van der Waals surface area contributed by atoms with Gasteiger partial charge >= 0.3 is 0 Å². The van der Waals surface area contributed by atoms with Crippen molar-refractivity contribution in [3.63, 3.8) is 0 Å². The van der Waals surface area contributed by atoms with E-state index in [1.807, 2.05) is 6.07 Å². The average molecular weight is 239 g/mol. The number of rotatable bonds is 1. The number of nitrogens with zero attached hydrogens (tertiary/aromatic N) is 1. The van der Waals surface area contributed by atoms with Gasteiger partial charge in [0.05, 0.1) is 0 Å². The first-order chi connectivity index (χ1) is 5.86. The minimum absolute atomic E-state index is 0. The van der Waals surface area contributed by atoms with Crippen molar-refractivity contribution in [1.29, 1.82) is 0 Å². The van der Waals surface area contributed by atoms with Gasteiger partial charge in [0, 0.05) is 17.7 Å². The van der Waals surface area contributed by atoms with E-state index in [4.69, 9.17) is 5.73 Å². The number of nitrogen functional groups attached to an aromatic ring is 1. The summed E-state index contributed by atoms with van der Waals surface area (Å²) < 4.78 is 0. The zero-order chi connectivity index (χ0) is 8.39. The summed E-state index contributed by atoms with van der Waals surface area (Å²) in [5, 5.41) is 10.2. The Morgan fingerprint density at radius 1 is 1.29 bits per heavy atom. The van der Waals surface area contributed by atoms with Crippen LogP contribution in [0.5, 0.6) is 0 Å². The van der Waals surface area contributed by atoms with Crippen molar-refractivity contribution in [2.24, 2.45) is 0 Å². The number of nitrogens with two attached hydrogens (primary N) is 1. The normalized spacial score (nSPS) is 16.9. The number of aromatic nitrogens is 2. The number of halogens is 2. The third-order valence-corrected chi connectivity index (χ3v) is 2.40. The van der Waals surface area contributed by atoms with E-state index in [1.165, 1.54) is 18.5 Å². The molecule has 6 heteroatoms. The summed E-state index contributed by atoms with van der Waals surface area (Å²) in [4.78, 5) is 0. The Bertz CT molecular complexity index is 258. The van der Waals surface area contributed by atoms with Crippen LogP contribution in [0.15, 0.2) is 6.07 Å². The van der Waals surface area contributed by atoms with Crippen LogP contribution in [0.1, 0.15) is 24.5 Å². The van der Waals surface area contributed by atoms with Crippen molar-refractivity contribution < 1.29 is 0 Å². The third kappa shape index (κ3) is 3.04. The maximum Gasteiger partial charge on any atom is 0.145 e. The zero-order valence-corrected chi connectivity index (χ0v) is 9.46. The summed E-state index contributed by atoms with van der Waals surface area (Å²) in [6.07, 6.45) is 2.36. The minimum Gasteiger partial charge on any atom is -0.382 e. The first kappa shape index (κ1) is 13.5. The fourth-order valence-electron chi connectivity index (χ4n) is 1.70. The molecule has 2 heterocycles. The molecule has 4 N–H and O–H groups in total. The smallest absolute Gasteiger partial charge is 0.145 e. The van der Waals surface area contributed by atoms with Crippen LogP contribution >= 0.6 is 24.8 Å². The molecule has 0 aromatic carbocycles. The molecule has 0 aliphatic carbocycles. The average Bonchev–Trinajstić information content (AvgIpc) is 2.54. The van der Waals surface area contributed by atoms with Crippen LogP contribution in [-0.4, -0.2) is 23.3 Å². The van der Waals surface area contributed by atoms with Gasteiger partial charge in [-0.25, -0.2) is 0 Å². The second-order valence-corrected chi connectivity index (χ2v) is 3.27. The van der Waals surface area contributed by atoms with Gasteiger partial charge in [0.25, 0.3) is 0 Å². The summed E-state index contributed by atoms with van der Waals surface area (Å²) in [6, 6.07) is 1.94. The Morgan fingerprint density at radius 2 is 1.93 bits per heavy atom. The van der Waals surface area contributed by atoms with Crippen molar-refractivity contribution in [1.82, 2.24) is 15.5 Å². The molecule has 2 rings (SSSR count). The van der Waals surface area contributed by atoms with Gasteiger partial charge in [0.2, 0.25) is 0 Å². The van der Waals surface area contributed by atoms with Crippen molar-refractivity contribution in [2.45, 2.75) is 18.8 Å². The molecular weight excluding hydrogens is 223 g/mol. The fraction of sp³-hybridized carbons (Fsp3) is 0.625. The van der Waals surface area contributed by atoms with Gasteiger partial charge in [-0.3, -0.25) is 5.10 Å². The van der Waals surface area contributed by atoms with Crippen LogP contribution in [0.3, 0.4) is 0 Å². The lowest BCUT2D eigenvalue weighted by molar-refractivity contribution is 0.453. The second kappa shape index (κ2) is 6.11. The summed E-state index contributed by atoms with van der Waals surface area (Å²) in [5.41, 5.74) is 6.72. The molecule has 1 saturated heterocycles. The molecule has 1 fully saturated rings. The topological polar surface area (TPSA) is 66.7 Å². The predicted molar refractivity (Wildman–Crippen MR) is 62.3 cm³/mol. The van der Waals surface area contributed by atoms with Crippen molar-refractivity contribution in [3.8, 4) is 0 Å². The SMILES string of the molecule is Cl.Cl.Nc1cc(C2CCNCC2)[nH]n1. The number of hydrogen-bond donors (Lipinski definition) is 3. The van der Waals surface area contributed by atoms with E-state index in [0.29, 0.717) is 11.7 Å². The predicted octanol–water partition coefficient (Wildman–Crippen LogP) is 1.30. The highest BCUT2D eigenvalue weighted by molar-refractivity contribution is 5.85. The number of H-pyrrole nitrogens is 1. The van der Waals surface area contributed by atoms with Gasteiger partial charge in [-0.15, -0.1) is 24.8 Å². The third-order valence-electron chi connectivity index (χ3n) is 2.40. The molecule has 0 amide bonds. The first-order valence-corrected chi connectivity index (χ1v) is 4.38. The van der Waals surface area contributed by atoms with Crippen LogP contribution in [0, 0.1) is 0 Å². The van der Waals surface area contributed by atoms with E-state index in [0.717, 1.165) is 13.1 Å². The Labute approximate surface area is 95.8 Å². The van der Waals surface area contributed by atoms with Crippen LogP contribution < -0.4 is 11.1 Å². The van der Waals surface area contributed by atoms with Gasteiger partial charge in [0.15, 0.2) is 0 Å². The molecule has 1 aromatic heterocycles. The fourth-order valence-corrected chi connectivity index (χ4v) is 1.70. The maximum absolute atomic E-state index is 5.53. The number of aromatic amines is 1. The Morgan fingerprint density at radius 3 is 2.43 bits per heavy atom. The highest BCUT2D eigenvalue weighted by Gasteiger charge is 2.16. The zero-order valence-electron chi connectivity index (χ0n) is 7.82. The molecule has 4 nitrogen and oxygen atoms in total. The number of anilines is 1. The Kier molecular flexibility index (Phi) is 5.92. The van der Waals surface area contributed by atoms with Crippen LogP contribution in [0.25, 0.3) is 0 Å². The lowest BCUT2D eigenvalue weighted by Crippen LogP contribution is -2.26. The van der Waals surface area contributed by atoms with Gasteiger partial charge in [-0.1, -0.05) is 0 Å². The maximum atomic E-state index is 5.53. The lowest BCUT2D eigenvalue weighted by atomic mass is 9.95. The molecule has 0 spiro atoms. The van der Waals surface area contributed by atoms with Crippen LogP contribution in [0.4, 0.5) is 5.82 Å². The van der Waals surface area contributed by atoms with Gasteiger partial charge < -0.3 is 11.1 Å². The minimum atomic E-state index is 0. The highest BCUT2D eigenvalue weighted by atomic mass is 35.5. The van der Waals surface area contributed by atoms with E-state index in [1.54, 1.807) is 0 Å². The molecule has 1 aliphatic rings. The van der Waals surface area contributed by atoms with Crippen molar-refractivity contribution >= 4 is 30.6 Å².